The highest BCUT2D eigenvalue weighted by Crippen LogP contribution is 2.39. The molecule has 0 fully saturated rings. The molecule has 0 unspecified atom stereocenters. The predicted octanol–water partition coefficient (Wildman–Crippen LogP) is 5.33. The van der Waals surface area contributed by atoms with Gasteiger partial charge >= 0.3 is 6.18 Å². The summed E-state index contributed by atoms with van der Waals surface area (Å²) < 4.78 is 38.8. The van der Waals surface area contributed by atoms with Gasteiger partial charge in [-0.1, -0.05) is 48.0 Å². The van der Waals surface area contributed by atoms with Gasteiger partial charge in [0.25, 0.3) is 0 Å². The third-order valence-electron chi connectivity index (χ3n) is 2.71. The smallest absolute Gasteiger partial charge is 0.166 e. The van der Waals surface area contributed by atoms with Crippen LogP contribution >= 0.6 is 11.6 Å². The molecule has 0 atom stereocenters. The molecular formula is C14H10ClF3. The summed E-state index contributed by atoms with van der Waals surface area (Å²) in [6.45, 7) is 1.77. The second-order valence-corrected chi connectivity index (χ2v) is 4.36. The minimum atomic E-state index is -4.39. The standard InChI is InChI=1S/C14H10ClF3/c1-9-5-4-7-11(13(9)15)10-6-2-3-8-12(10)14(16,17)18/h2-8H,1H3. The molecule has 0 aliphatic rings. The van der Waals surface area contributed by atoms with Crippen LogP contribution in [0.15, 0.2) is 42.5 Å². The van der Waals surface area contributed by atoms with Gasteiger partial charge in [-0.25, -0.2) is 0 Å². The highest BCUT2D eigenvalue weighted by atomic mass is 35.5. The van der Waals surface area contributed by atoms with Gasteiger partial charge < -0.3 is 0 Å². The first-order valence-electron chi connectivity index (χ1n) is 5.33. The summed E-state index contributed by atoms with van der Waals surface area (Å²) in [5.41, 5.74) is 0.604. The molecule has 0 bridgehead atoms. The average molecular weight is 271 g/mol. The summed E-state index contributed by atoms with van der Waals surface area (Å²) in [6, 6.07) is 10.5. The predicted molar refractivity (Wildman–Crippen MR) is 66.6 cm³/mol. The van der Waals surface area contributed by atoms with E-state index in [4.69, 9.17) is 11.6 Å². The SMILES string of the molecule is Cc1cccc(-c2ccccc2C(F)(F)F)c1Cl. The average Bonchev–Trinajstić information content (AvgIpc) is 2.32. The Labute approximate surface area is 108 Å². The van der Waals surface area contributed by atoms with E-state index in [-0.39, 0.29) is 5.56 Å². The van der Waals surface area contributed by atoms with Crippen LogP contribution in [0.1, 0.15) is 11.1 Å². The summed E-state index contributed by atoms with van der Waals surface area (Å²) in [5.74, 6) is 0. The van der Waals surface area contributed by atoms with Gasteiger partial charge in [-0.15, -0.1) is 0 Å². The lowest BCUT2D eigenvalue weighted by Crippen LogP contribution is -2.07. The van der Waals surface area contributed by atoms with Gasteiger partial charge in [0.2, 0.25) is 0 Å². The molecule has 0 saturated carbocycles. The van der Waals surface area contributed by atoms with Gasteiger partial charge in [0.05, 0.1) is 10.6 Å². The van der Waals surface area contributed by atoms with Crippen molar-refractivity contribution < 1.29 is 13.2 Å². The van der Waals surface area contributed by atoms with Gasteiger partial charge in [-0.05, 0) is 24.1 Å². The third-order valence-corrected chi connectivity index (χ3v) is 3.22. The fourth-order valence-corrected chi connectivity index (χ4v) is 2.05. The highest BCUT2D eigenvalue weighted by molar-refractivity contribution is 6.34. The molecule has 4 heteroatoms. The van der Waals surface area contributed by atoms with Crippen molar-refractivity contribution in [3.05, 3.63) is 58.6 Å². The van der Waals surface area contributed by atoms with Crippen LogP contribution in [-0.2, 0) is 6.18 Å². The van der Waals surface area contributed by atoms with Crippen LogP contribution in [0.4, 0.5) is 13.2 Å². The number of benzene rings is 2. The minimum Gasteiger partial charge on any atom is -0.166 e. The molecule has 0 nitrogen and oxygen atoms in total. The first-order valence-corrected chi connectivity index (χ1v) is 5.71. The van der Waals surface area contributed by atoms with Crippen molar-refractivity contribution in [2.45, 2.75) is 13.1 Å². The Kier molecular flexibility index (Phi) is 3.35. The zero-order valence-electron chi connectivity index (χ0n) is 9.55. The van der Waals surface area contributed by atoms with Crippen molar-refractivity contribution in [3.63, 3.8) is 0 Å². The fraction of sp³-hybridized carbons (Fsp3) is 0.143. The molecule has 0 N–H and O–H groups in total. The van der Waals surface area contributed by atoms with Crippen LogP contribution in [0, 0.1) is 6.92 Å². The number of hydrogen-bond acceptors (Lipinski definition) is 0. The van der Waals surface area contributed by atoms with Crippen LogP contribution < -0.4 is 0 Å². The van der Waals surface area contributed by atoms with E-state index in [0.717, 1.165) is 11.6 Å². The van der Waals surface area contributed by atoms with Gasteiger partial charge in [0.15, 0.2) is 0 Å². The van der Waals surface area contributed by atoms with Crippen LogP contribution in [0.2, 0.25) is 5.02 Å². The van der Waals surface area contributed by atoms with E-state index in [1.54, 1.807) is 31.2 Å². The Morgan fingerprint density at radius 1 is 0.889 bits per heavy atom. The molecule has 0 radical (unpaired) electrons. The maximum atomic E-state index is 12.9. The van der Waals surface area contributed by atoms with E-state index in [1.807, 2.05) is 0 Å². The first kappa shape index (κ1) is 13.0. The second kappa shape index (κ2) is 4.65. The van der Waals surface area contributed by atoms with Crippen LogP contribution in [-0.4, -0.2) is 0 Å². The van der Waals surface area contributed by atoms with Crippen LogP contribution in [0.3, 0.4) is 0 Å². The Hall–Kier alpha value is -1.48. The van der Waals surface area contributed by atoms with Crippen molar-refractivity contribution in [1.82, 2.24) is 0 Å². The van der Waals surface area contributed by atoms with E-state index in [9.17, 15) is 13.2 Å². The molecule has 2 rings (SSSR count). The van der Waals surface area contributed by atoms with E-state index < -0.39 is 11.7 Å². The largest absolute Gasteiger partial charge is 0.417 e. The normalized spacial score (nSPS) is 11.6. The summed E-state index contributed by atoms with van der Waals surface area (Å²) in [5, 5.41) is 0.356. The van der Waals surface area contributed by atoms with Crippen molar-refractivity contribution in [3.8, 4) is 11.1 Å². The van der Waals surface area contributed by atoms with Gasteiger partial charge in [0.1, 0.15) is 0 Å². The van der Waals surface area contributed by atoms with Gasteiger partial charge in [-0.2, -0.15) is 13.2 Å². The molecule has 18 heavy (non-hydrogen) atoms. The number of halogens is 4. The van der Waals surface area contributed by atoms with E-state index in [0.29, 0.717) is 10.6 Å². The lowest BCUT2D eigenvalue weighted by Gasteiger charge is -2.14. The molecule has 0 saturated heterocycles. The first-order chi connectivity index (χ1) is 8.41. The van der Waals surface area contributed by atoms with Gasteiger partial charge in [0, 0.05) is 5.56 Å². The molecule has 0 aliphatic heterocycles. The van der Waals surface area contributed by atoms with E-state index in [2.05, 4.69) is 0 Å². The van der Waals surface area contributed by atoms with Gasteiger partial charge in [-0.3, -0.25) is 0 Å². The van der Waals surface area contributed by atoms with Crippen LogP contribution in [0.25, 0.3) is 11.1 Å². The minimum absolute atomic E-state index is 0.110. The molecule has 2 aromatic rings. The molecule has 0 heterocycles. The monoisotopic (exact) mass is 270 g/mol. The Balaban J connectivity index is 2.69. The molecule has 94 valence electrons. The lowest BCUT2D eigenvalue weighted by atomic mass is 9.98. The van der Waals surface area contributed by atoms with Crippen molar-refractivity contribution in [2.24, 2.45) is 0 Å². The Bertz CT molecular complexity index is 573. The second-order valence-electron chi connectivity index (χ2n) is 3.98. The number of alkyl halides is 3. The maximum absolute atomic E-state index is 12.9. The summed E-state index contributed by atoms with van der Waals surface area (Å²) in [7, 11) is 0. The lowest BCUT2D eigenvalue weighted by molar-refractivity contribution is -0.137. The highest BCUT2D eigenvalue weighted by Gasteiger charge is 2.33. The number of aryl methyl sites for hydroxylation is 1. The zero-order chi connectivity index (χ0) is 13.3. The van der Waals surface area contributed by atoms with Crippen molar-refractivity contribution in [1.29, 1.82) is 0 Å². The fourth-order valence-electron chi connectivity index (χ4n) is 1.82. The quantitative estimate of drug-likeness (QED) is 0.657. The van der Waals surface area contributed by atoms with E-state index >= 15 is 0 Å². The molecule has 2 aromatic carbocycles. The summed E-state index contributed by atoms with van der Waals surface area (Å²) in [4.78, 5) is 0. The zero-order valence-corrected chi connectivity index (χ0v) is 10.3. The molecule has 0 amide bonds. The Morgan fingerprint density at radius 2 is 1.50 bits per heavy atom. The topological polar surface area (TPSA) is 0 Å². The summed E-state index contributed by atoms with van der Waals surface area (Å²) >= 11 is 6.08. The van der Waals surface area contributed by atoms with Crippen LogP contribution in [0.5, 0.6) is 0 Å². The summed E-state index contributed by atoms with van der Waals surface area (Å²) in [6.07, 6.45) is -4.39. The van der Waals surface area contributed by atoms with Crippen molar-refractivity contribution in [2.75, 3.05) is 0 Å². The van der Waals surface area contributed by atoms with Crippen molar-refractivity contribution >= 4 is 11.6 Å². The van der Waals surface area contributed by atoms with E-state index in [1.165, 1.54) is 12.1 Å². The molecule has 0 aliphatic carbocycles. The number of hydrogen-bond donors (Lipinski definition) is 0. The molecular weight excluding hydrogens is 261 g/mol. The molecule has 0 aromatic heterocycles. The molecule has 0 spiro atoms. The maximum Gasteiger partial charge on any atom is 0.417 e. The Morgan fingerprint density at radius 3 is 2.17 bits per heavy atom. The number of rotatable bonds is 1. The third kappa shape index (κ3) is 2.36.